The summed E-state index contributed by atoms with van der Waals surface area (Å²) in [6, 6.07) is 6.44. The highest BCUT2D eigenvalue weighted by atomic mass is 16.6. The summed E-state index contributed by atoms with van der Waals surface area (Å²) in [4.78, 5) is 47.8. The summed E-state index contributed by atoms with van der Waals surface area (Å²) >= 11 is 0. The molecule has 0 aliphatic carbocycles. The van der Waals surface area contributed by atoms with E-state index in [0.29, 0.717) is 0 Å². The number of hydrogen-bond acceptors (Lipinski definition) is 9. The van der Waals surface area contributed by atoms with Crippen molar-refractivity contribution in [3.8, 4) is 16.9 Å². The summed E-state index contributed by atoms with van der Waals surface area (Å²) in [5.74, 6) is -3.21. The molecular weight excluding hydrogens is 410 g/mol. The Morgan fingerprint density at radius 3 is 2.32 bits per heavy atom. The van der Waals surface area contributed by atoms with Gasteiger partial charge in [-0.25, -0.2) is 9.59 Å². The van der Waals surface area contributed by atoms with Gasteiger partial charge in [0.25, 0.3) is 5.69 Å². The zero-order chi connectivity index (χ0) is 23.3. The summed E-state index contributed by atoms with van der Waals surface area (Å²) in [7, 11) is 1.06. The number of esters is 3. The quantitative estimate of drug-likeness (QED) is 0.302. The van der Waals surface area contributed by atoms with Crippen LogP contribution in [0.2, 0.25) is 0 Å². The first-order valence-electron chi connectivity index (χ1n) is 9.13. The molecule has 0 saturated carbocycles. The van der Waals surface area contributed by atoms with Gasteiger partial charge in [-0.2, -0.15) is 0 Å². The van der Waals surface area contributed by atoms with Gasteiger partial charge in [0.1, 0.15) is 17.9 Å². The first kappa shape index (κ1) is 23.3. The van der Waals surface area contributed by atoms with E-state index >= 15 is 0 Å². The maximum absolute atomic E-state index is 13.0. The molecule has 0 aliphatic rings. The highest BCUT2D eigenvalue weighted by Crippen LogP contribution is 2.41. The molecule has 0 heterocycles. The van der Waals surface area contributed by atoms with E-state index in [9.17, 15) is 29.6 Å². The van der Waals surface area contributed by atoms with E-state index in [2.05, 4.69) is 0 Å². The molecule has 2 aromatic rings. The van der Waals surface area contributed by atoms with Gasteiger partial charge >= 0.3 is 17.9 Å². The zero-order valence-electron chi connectivity index (χ0n) is 17.3. The number of phenols is 1. The molecule has 0 amide bonds. The van der Waals surface area contributed by atoms with E-state index in [1.807, 2.05) is 0 Å². The number of ether oxygens (including phenoxy) is 3. The molecule has 0 aromatic heterocycles. The summed E-state index contributed by atoms with van der Waals surface area (Å²) < 4.78 is 15.0. The predicted molar refractivity (Wildman–Crippen MR) is 108 cm³/mol. The second-order valence-corrected chi connectivity index (χ2v) is 6.68. The lowest BCUT2D eigenvalue weighted by molar-refractivity contribution is -0.384. The van der Waals surface area contributed by atoms with Gasteiger partial charge in [0.15, 0.2) is 0 Å². The van der Waals surface area contributed by atoms with Gasteiger partial charge in [-0.3, -0.25) is 14.9 Å². The number of hydrogen-bond donors (Lipinski definition) is 1. The molecule has 2 rings (SSSR count). The van der Waals surface area contributed by atoms with E-state index in [-0.39, 0.29) is 22.3 Å². The standard InChI is InChI=1S/C21H21NO9/c1-11(2)31-21(26)17-13(10-30-12(3)23)9-16(24)19(20(25)29-4)18(17)14-7-5-6-8-15(14)22(27)28/h5-9,11,24H,10H2,1-4H3. The molecule has 0 radical (unpaired) electrons. The average Bonchev–Trinajstić information content (AvgIpc) is 2.70. The Bertz CT molecular complexity index is 1040. The van der Waals surface area contributed by atoms with Crippen LogP contribution in [0.4, 0.5) is 5.69 Å². The predicted octanol–water partition coefficient (Wildman–Crippen LogP) is 3.38. The lowest BCUT2D eigenvalue weighted by atomic mass is 9.89. The fraction of sp³-hybridized carbons (Fsp3) is 0.286. The van der Waals surface area contributed by atoms with Crippen LogP contribution in [0.15, 0.2) is 30.3 Å². The Morgan fingerprint density at radius 2 is 1.77 bits per heavy atom. The molecular formula is C21H21NO9. The highest BCUT2D eigenvalue weighted by Gasteiger charge is 2.32. The third kappa shape index (κ3) is 5.16. The minimum atomic E-state index is -1.02. The number of nitro benzene ring substituents is 1. The number of nitrogens with zero attached hydrogens (tertiary/aromatic N) is 1. The minimum absolute atomic E-state index is 0.000783. The molecule has 0 aliphatic heterocycles. The summed E-state index contributed by atoms with van der Waals surface area (Å²) in [5, 5.41) is 22.2. The third-order valence-corrected chi connectivity index (χ3v) is 4.13. The maximum Gasteiger partial charge on any atom is 0.342 e. The Hall–Kier alpha value is -3.95. The lowest BCUT2D eigenvalue weighted by Gasteiger charge is -2.19. The van der Waals surface area contributed by atoms with Crippen LogP contribution in [0.1, 0.15) is 47.1 Å². The van der Waals surface area contributed by atoms with Crippen molar-refractivity contribution in [3.05, 3.63) is 57.1 Å². The van der Waals surface area contributed by atoms with Gasteiger partial charge in [-0.05, 0) is 26.0 Å². The average molecular weight is 431 g/mol. The molecule has 164 valence electrons. The summed E-state index contributed by atoms with van der Waals surface area (Å²) in [6.07, 6.45) is -0.567. The Morgan fingerprint density at radius 1 is 1.13 bits per heavy atom. The van der Waals surface area contributed by atoms with Gasteiger partial charge in [-0.1, -0.05) is 12.1 Å². The summed E-state index contributed by atoms with van der Waals surface area (Å²) in [6.45, 7) is 3.89. The normalized spacial score (nSPS) is 10.5. The van der Waals surface area contributed by atoms with E-state index in [4.69, 9.17) is 14.2 Å². The molecule has 0 unspecified atom stereocenters. The fourth-order valence-electron chi connectivity index (χ4n) is 2.94. The van der Waals surface area contributed by atoms with Crippen LogP contribution in [0, 0.1) is 10.1 Å². The molecule has 2 aromatic carbocycles. The van der Waals surface area contributed by atoms with Crippen LogP contribution in [-0.2, 0) is 25.6 Å². The molecule has 0 fully saturated rings. The molecule has 31 heavy (non-hydrogen) atoms. The van der Waals surface area contributed by atoms with Crippen molar-refractivity contribution in [3.63, 3.8) is 0 Å². The first-order chi connectivity index (χ1) is 14.6. The van der Waals surface area contributed by atoms with Crippen molar-refractivity contribution >= 4 is 23.6 Å². The maximum atomic E-state index is 13.0. The number of benzene rings is 2. The number of para-hydroxylation sites is 1. The number of nitro groups is 1. The molecule has 0 saturated heterocycles. The van der Waals surface area contributed by atoms with Crippen LogP contribution in [0.5, 0.6) is 5.75 Å². The summed E-state index contributed by atoms with van der Waals surface area (Å²) in [5.41, 5.74) is -1.52. The molecule has 1 N–H and O–H groups in total. The van der Waals surface area contributed by atoms with Crippen molar-refractivity contribution in [2.75, 3.05) is 7.11 Å². The van der Waals surface area contributed by atoms with Crippen molar-refractivity contribution < 1.29 is 38.6 Å². The smallest absolute Gasteiger partial charge is 0.342 e. The fourth-order valence-corrected chi connectivity index (χ4v) is 2.94. The number of carbonyl (C=O) groups excluding carboxylic acids is 3. The molecule has 0 atom stereocenters. The van der Waals surface area contributed by atoms with Crippen LogP contribution >= 0.6 is 0 Å². The molecule has 0 bridgehead atoms. The topological polar surface area (TPSA) is 142 Å². The highest BCUT2D eigenvalue weighted by molar-refractivity contribution is 6.09. The Labute approximate surface area is 177 Å². The Balaban J connectivity index is 3.00. The molecule has 0 spiro atoms. The number of aromatic hydroxyl groups is 1. The van der Waals surface area contributed by atoms with Gasteiger partial charge in [-0.15, -0.1) is 0 Å². The third-order valence-electron chi connectivity index (χ3n) is 4.13. The number of methoxy groups -OCH3 is 1. The SMILES string of the molecule is COC(=O)c1c(O)cc(COC(C)=O)c(C(=O)OC(C)C)c1-c1ccccc1[N+](=O)[O-]. The van der Waals surface area contributed by atoms with E-state index < -0.39 is 52.5 Å². The van der Waals surface area contributed by atoms with E-state index in [1.165, 1.54) is 24.3 Å². The zero-order valence-corrected chi connectivity index (χ0v) is 17.3. The molecule has 10 nitrogen and oxygen atoms in total. The van der Waals surface area contributed by atoms with E-state index in [0.717, 1.165) is 20.1 Å². The van der Waals surface area contributed by atoms with Crippen LogP contribution in [0.25, 0.3) is 11.1 Å². The largest absolute Gasteiger partial charge is 0.507 e. The second-order valence-electron chi connectivity index (χ2n) is 6.68. The van der Waals surface area contributed by atoms with Crippen molar-refractivity contribution in [2.45, 2.75) is 33.5 Å². The van der Waals surface area contributed by atoms with Gasteiger partial charge < -0.3 is 19.3 Å². The van der Waals surface area contributed by atoms with Crippen molar-refractivity contribution in [1.82, 2.24) is 0 Å². The van der Waals surface area contributed by atoms with Crippen LogP contribution in [-0.4, -0.2) is 41.2 Å². The second kappa shape index (κ2) is 9.70. The van der Waals surface area contributed by atoms with Gasteiger partial charge in [0.05, 0.1) is 29.3 Å². The van der Waals surface area contributed by atoms with Crippen molar-refractivity contribution in [2.24, 2.45) is 0 Å². The lowest BCUT2D eigenvalue weighted by Crippen LogP contribution is -2.18. The van der Waals surface area contributed by atoms with E-state index in [1.54, 1.807) is 13.8 Å². The number of rotatable bonds is 7. The van der Waals surface area contributed by atoms with Crippen LogP contribution < -0.4 is 0 Å². The monoisotopic (exact) mass is 431 g/mol. The van der Waals surface area contributed by atoms with Crippen LogP contribution in [0.3, 0.4) is 0 Å². The van der Waals surface area contributed by atoms with Gasteiger partial charge in [0.2, 0.25) is 0 Å². The number of phenolic OH excluding ortho intramolecular Hbond substituents is 1. The number of carbonyl (C=O) groups is 3. The Kier molecular flexibility index (Phi) is 7.30. The minimum Gasteiger partial charge on any atom is -0.507 e. The van der Waals surface area contributed by atoms with Crippen molar-refractivity contribution in [1.29, 1.82) is 0 Å². The van der Waals surface area contributed by atoms with Gasteiger partial charge in [0, 0.05) is 24.1 Å². The molecule has 10 heteroatoms. The first-order valence-corrected chi connectivity index (χ1v) is 9.13.